The predicted octanol–water partition coefficient (Wildman–Crippen LogP) is 2.66. The van der Waals surface area contributed by atoms with Crippen LogP contribution in [0.3, 0.4) is 0 Å². The minimum absolute atomic E-state index is 0. The van der Waals surface area contributed by atoms with Gasteiger partial charge in [0.25, 0.3) is 10.5 Å². The van der Waals surface area contributed by atoms with Crippen molar-refractivity contribution in [1.82, 2.24) is 0 Å². The number of benzene rings is 2. The van der Waals surface area contributed by atoms with Gasteiger partial charge in [-0.1, -0.05) is 46.1 Å². The minimum atomic E-state index is 0. The Labute approximate surface area is 214 Å². The Bertz CT molecular complexity index is 985. The van der Waals surface area contributed by atoms with Crippen molar-refractivity contribution in [2.45, 2.75) is 19.4 Å². The maximum absolute atomic E-state index is 5.69. The van der Waals surface area contributed by atoms with Gasteiger partial charge in [-0.05, 0) is 46.8 Å². The number of aryl methyl sites for hydroxylation is 1. The summed E-state index contributed by atoms with van der Waals surface area (Å²) in [5.41, 5.74) is 3.51. The van der Waals surface area contributed by atoms with Gasteiger partial charge in [0.2, 0.25) is 0 Å². The molecule has 0 saturated heterocycles. The molecule has 7 heteroatoms. The highest BCUT2D eigenvalue weighted by Gasteiger charge is 2.25. The molecule has 3 rings (SSSR count). The summed E-state index contributed by atoms with van der Waals surface area (Å²) in [6.07, 6.45) is 6.72. The second kappa shape index (κ2) is 12.1. The predicted molar refractivity (Wildman–Crippen MR) is 133 cm³/mol. The number of hydrogen-bond donors (Lipinski definition) is 0. The number of ether oxygens (including phenoxy) is 2. The zero-order valence-electron chi connectivity index (χ0n) is 17.8. The van der Waals surface area contributed by atoms with Crippen molar-refractivity contribution in [2.24, 2.45) is 0 Å². The van der Waals surface area contributed by atoms with Gasteiger partial charge in [0.15, 0.2) is 17.0 Å². The van der Waals surface area contributed by atoms with Crippen LogP contribution in [-0.2, 0) is 6.54 Å². The highest BCUT2D eigenvalue weighted by Crippen LogP contribution is 2.36. The summed E-state index contributed by atoms with van der Waals surface area (Å²) in [4.78, 5) is 2.11. The summed E-state index contributed by atoms with van der Waals surface area (Å²) >= 11 is 4.19. The summed E-state index contributed by atoms with van der Waals surface area (Å²) in [7, 11) is 7.57. The molecule has 0 amide bonds. The van der Waals surface area contributed by atoms with Gasteiger partial charge in [-0.15, -0.1) is 0 Å². The van der Waals surface area contributed by atoms with E-state index in [0.717, 1.165) is 34.7 Å². The Morgan fingerprint density at radius 3 is 2.23 bits per heavy atom. The molecule has 0 atom stereocenters. The third kappa shape index (κ3) is 5.79. The molecule has 0 fully saturated rings. The first-order valence-electron chi connectivity index (χ1n) is 9.67. The number of thiazole rings is 1. The van der Waals surface area contributed by atoms with E-state index in [4.69, 9.17) is 9.47 Å². The standard InChI is InChI=1S/C23H28IN2O2S.HI/c1-25(2)18-10-7-17(8-11-18)9-14-21-26(16-6-5-15-24)22-19(27-3)12-13-20(28-4)23(22)29-21;/h7-14H,5-6,15-16H2,1-4H3;1H/q+1;/p-1. The highest BCUT2D eigenvalue weighted by molar-refractivity contribution is 14.1. The molecule has 1 aromatic heterocycles. The topological polar surface area (TPSA) is 25.6 Å². The molecule has 2 aromatic carbocycles. The average Bonchev–Trinajstić information content (AvgIpc) is 3.10. The summed E-state index contributed by atoms with van der Waals surface area (Å²) < 4.78 is 16.0. The van der Waals surface area contributed by atoms with Gasteiger partial charge in [-0.2, -0.15) is 4.57 Å². The first kappa shape index (κ1) is 25.2. The van der Waals surface area contributed by atoms with Crippen LogP contribution in [0, 0.1) is 0 Å². The van der Waals surface area contributed by atoms with Gasteiger partial charge in [0.05, 0.1) is 14.2 Å². The summed E-state index contributed by atoms with van der Waals surface area (Å²) in [5.74, 6) is 1.78. The van der Waals surface area contributed by atoms with E-state index in [1.54, 1.807) is 25.6 Å². The molecule has 30 heavy (non-hydrogen) atoms. The lowest BCUT2D eigenvalue weighted by molar-refractivity contribution is -0.669. The summed E-state index contributed by atoms with van der Waals surface area (Å²) in [6.45, 7) is 0.964. The molecular formula is C23H28I2N2O2S. The largest absolute Gasteiger partial charge is 1.00 e. The van der Waals surface area contributed by atoms with E-state index in [2.05, 4.69) is 82.6 Å². The van der Waals surface area contributed by atoms with Crippen LogP contribution in [0.2, 0.25) is 0 Å². The Balaban J connectivity index is 0.00000320. The van der Waals surface area contributed by atoms with Crippen molar-refractivity contribution in [3.8, 4) is 11.5 Å². The number of anilines is 1. The average molecular weight is 650 g/mol. The number of fused-ring (bicyclic) bond motifs is 1. The Morgan fingerprint density at radius 1 is 0.967 bits per heavy atom. The SMILES string of the molecule is COc1ccc(OC)c2c1sc(/C=C/c1ccc(N(C)C)cc1)[n+]2CCCCI.[I-]. The van der Waals surface area contributed by atoms with E-state index >= 15 is 0 Å². The van der Waals surface area contributed by atoms with E-state index in [1.807, 2.05) is 12.1 Å². The van der Waals surface area contributed by atoms with Gasteiger partial charge in [0.1, 0.15) is 5.75 Å². The fraction of sp³-hybridized carbons (Fsp3) is 0.348. The van der Waals surface area contributed by atoms with E-state index < -0.39 is 0 Å². The van der Waals surface area contributed by atoms with E-state index in [1.165, 1.54) is 27.1 Å². The van der Waals surface area contributed by atoms with Crippen molar-refractivity contribution < 1.29 is 38.0 Å². The number of methoxy groups -OCH3 is 2. The van der Waals surface area contributed by atoms with Crippen LogP contribution in [0.4, 0.5) is 5.69 Å². The third-order valence-corrected chi connectivity index (χ3v) is 6.76. The minimum Gasteiger partial charge on any atom is -1.00 e. The summed E-state index contributed by atoms with van der Waals surface area (Å²) in [5, 5.41) is 1.20. The van der Waals surface area contributed by atoms with Crippen LogP contribution in [0.25, 0.3) is 22.4 Å². The molecule has 0 saturated carbocycles. The van der Waals surface area contributed by atoms with Crippen LogP contribution >= 0.6 is 33.9 Å². The smallest absolute Gasteiger partial charge is 0.270 e. The zero-order chi connectivity index (χ0) is 20.8. The maximum atomic E-state index is 5.69. The van der Waals surface area contributed by atoms with Gasteiger partial charge < -0.3 is 38.4 Å². The lowest BCUT2D eigenvalue weighted by Gasteiger charge is -2.11. The number of unbranched alkanes of at least 4 members (excludes halogenated alkanes) is 1. The molecule has 162 valence electrons. The van der Waals surface area contributed by atoms with Gasteiger partial charge in [-0.25, -0.2) is 0 Å². The van der Waals surface area contributed by atoms with Crippen molar-refractivity contribution in [3.63, 3.8) is 0 Å². The van der Waals surface area contributed by atoms with Gasteiger partial charge >= 0.3 is 0 Å². The second-order valence-electron chi connectivity index (χ2n) is 6.96. The number of rotatable bonds is 9. The maximum Gasteiger partial charge on any atom is 0.270 e. The van der Waals surface area contributed by atoms with E-state index in [-0.39, 0.29) is 24.0 Å². The first-order valence-corrected chi connectivity index (χ1v) is 12.0. The van der Waals surface area contributed by atoms with Crippen LogP contribution < -0.4 is 42.9 Å². The van der Waals surface area contributed by atoms with Crippen molar-refractivity contribution in [1.29, 1.82) is 0 Å². The van der Waals surface area contributed by atoms with Gasteiger partial charge in [0, 0.05) is 32.3 Å². The fourth-order valence-corrected chi connectivity index (χ4v) is 4.98. The molecule has 0 unspecified atom stereocenters. The number of nitrogens with zero attached hydrogens (tertiary/aromatic N) is 2. The Kier molecular flexibility index (Phi) is 10.2. The Morgan fingerprint density at radius 2 is 1.63 bits per heavy atom. The monoisotopic (exact) mass is 650 g/mol. The van der Waals surface area contributed by atoms with Crippen LogP contribution in [0.5, 0.6) is 11.5 Å². The molecule has 0 N–H and O–H groups in total. The van der Waals surface area contributed by atoms with Gasteiger partial charge in [-0.3, -0.25) is 0 Å². The van der Waals surface area contributed by atoms with Crippen LogP contribution in [-0.4, -0.2) is 32.7 Å². The Hall–Kier alpha value is -1.07. The van der Waals surface area contributed by atoms with Crippen LogP contribution in [0.1, 0.15) is 23.4 Å². The van der Waals surface area contributed by atoms with Crippen LogP contribution in [0.15, 0.2) is 36.4 Å². The molecular weight excluding hydrogens is 622 g/mol. The first-order chi connectivity index (χ1) is 14.1. The van der Waals surface area contributed by atoms with E-state index in [9.17, 15) is 0 Å². The highest BCUT2D eigenvalue weighted by atomic mass is 127. The van der Waals surface area contributed by atoms with Crippen molar-refractivity contribution >= 4 is 62.0 Å². The third-order valence-electron chi connectivity index (χ3n) is 4.83. The quantitative estimate of drug-likeness (QED) is 0.154. The molecule has 0 aliphatic heterocycles. The lowest BCUT2D eigenvalue weighted by atomic mass is 10.2. The molecule has 0 aliphatic rings. The number of aromatic nitrogens is 1. The molecule has 0 bridgehead atoms. The number of halogens is 2. The number of hydrogen-bond acceptors (Lipinski definition) is 4. The van der Waals surface area contributed by atoms with Crippen molar-refractivity contribution in [2.75, 3.05) is 37.6 Å². The normalized spacial score (nSPS) is 11.0. The van der Waals surface area contributed by atoms with E-state index in [0.29, 0.717) is 0 Å². The lowest BCUT2D eigenvalue weighted by Crippen LogP contribution is -3.00. The fourth-order valence-electron chi connectivity index (χ4n) is 3.25. The summed E-state index contributed by atoms with van der Waals surface area (Å²) in [6, 6.07) is 12.6. The van der Waals surface area contributed by atoms with Crippen molar-refractivity contribution in [3.05, 3.63) is 47.0 Å². The zero-order valence-corrected chi connectivity index (χ0v) is 23.0. The molecule has 4 nitrogen and oxygen atoms in total. The molecule has 0 aliphatic carbocycles. The molecule has 3 aromatic rings. The molecule has 1 heterocycles. The second-order valence-corrected chi connectivity index (χ2v) is 9.06. The molecule has 0 radical (unpaired) electrons. The number of alkyl halides is 1. The molecule has 0 spiro atoms.